The molecule has 0 aromatic heterocycles. The Morgan fingerprint density at radius 2 is 2.12 bits per heavy atom. The average molecular weight is 225 g/mol. The lowest BCUT2D eigenvalue weighted by molar-refractivity contribution is -0.139. The maximum Gasteiger partial charge on any atom is 0.247 e. The van der Waals surface area contributed by atoms with Crippen LogP contribution in [-0.4, -0.2) is 40.7 Å². The van der Waals surface area contributed by atoms with Gasteiger partial charge in [0.1, 0.15) is 0 Å². The van der Waals surface area contributed by atoms with Crippen LogP contribution in [0.15, 0.2) is 0 Å². The van der Waals surface area contributed by atoms with Gasteiger partial charge in [0.2, 0.25) is 17.7 Å². The first kappa shape index (κ1) is 11.1. The molecule has 0 radical (unpaired) electrons. The van der Waals surface area contributed by atoms with Gasteiger partial charge in [0, 0.05) is 6.04 Å². The van der Waals surface area contributed by atoms with Crippen molar-refractivity contribution >= 4 is 17.7 Å². The fraction of sp³-hybridized carbons (Fsp3) is 0.700. The molecule has 2 rings (SSSR count). The average Bonchev–Trinajstić information content (AvgIpc) is 2.97. The molecule has 2 aliphatic rings. The Hall–Kier alpha value is -1.43. The molecule has 0 aromatic carbocycles. The summed E-state index contributed by atoms with van der Waals surface area (Å²) in [5.41, 5.74) is 5.09. The van der Waals surface area contributed by atoms with Crippen LogP contribution in [0.5, 0.6) is 0 Å². The highest BCUT2D eigenvalue weighted by molar-refractivity contribution is 6.06. The third-order valence-corrected chi connectivity index (χ3v) is 2.97. The smallest absolute Gasteiger partial charge is 0.247 e. The highest BCUT2D eigenvalue weighted by atomic mass is 16.2. The number of carbonyl (C=O) groups is 3. The molecule has 2 unspecified atom stereocenters. The highest BCUT2D eigenvalue weighted by Crippen LogP contribution is 2.31. The largest absolute Gasteiger partial charge is 0.368 e. The molecular formula is C10H15N3O3. The second-order valence-electron chi connectivity index (χ2n) is 4.38. The quantitative estimate of drug-likeness (QED) is 0.584. The third kappa shape index (κ3) is 1.92. The third-order valence-electron chi connectivity index (χ3n) is 2.97. The van der Waals surface area contributed by atoms with E-state index in [0.29, 0.717) is 0 Å². The summed E-state index contributed by atoms with van der Waals surface area (Å²) < 4.78 is 0. The van der Waals surface area contributed by atoms with E-state index < -0.39 is 18.0 Å². The first-order chi connectivity index (χ1) is 7.50. The molecule has 3 amide bonds. The van der Waals surface area contributed by atoms with E-state index >= 15 is 0 Å². The van der Waals surface area contributed by atoms with E-state index in [-0.39, 0.29) is 24.3 Å². The van der Waals surface area contributed by atoms with Gasteiger partial charge in [-0.05, 0) is 19.8 Å². The number of hydrogen-bond donors (Lipinski definition) is 2. The lowest BCUT2D eigenvalue weighted by Gasteiger charge is -2.16. The SMILES string of the molecule is CC(NC1CC(=O)N(C2CC2)C1=O)C(N)=O. The maximum absolute atomic E-state index is 11.8. The van der Waals surface area contributed by atoms with E-state index in [1.807, 2.05) is 0 Å². The van der Waals surface area contributed by atoms with Crippen molar-refractivity contribution in [3.05, 3.63) is 0 Å². The summed E-state index contributed by atoms with van der Waals surface area (Å²) in [5.74, 6) is -0.896. The Labute approximate surface area is 93.1 Å². The molecule has 3 N–H and O–H groups in total. The number of hydrogen-bond acceptors (Lipinski definition) is 4. The van der Waals surface area contributed by atoms with Crippen LogP contribution < -0.4 is 11.1 Å². The van der Waals surface area contributed by atoms with Gasteiger partial charge in [-0.1, -0.05) is 0 Å². The van der Waals surface area contributed by atoms with Crippen LogP contribution in [0.4, 0.5) is 0 Å². The molecule has 0 aromatic rings. The molecule has 1 aliphatic heterocycles. The zero-order chi connectivity index (χ0) is 11.9. The number of nitrogens with two attached hydrogens (primary N) is 1. The molecule has 0 bridgehead atoms. The van der Waals surface area contributed by atoms with Crippen LogP contribution in [-0.2, 0) is 14.4 Å². The molecule has 0 spiro atoms. The second kappa shape index (κ2) is 3.86. The number of rotatable bonds is 4. The number of amides is 3. The first-order valence-electron chi connectivity index (χ1n) is 5.42. The molecule has 1 saturated heterocycles. The van der Waals surface area contributed by atoms with Crippen molar-refractivity contribution in [2.75, 3.05) is 0 Å². The van der Waals surface area contributed by atoms with Crippen molar-refractivity contribution < 1.29 is 14.4 Å². The minimum absolute atomic E-state index is 0.0932. The van der Waals surface area contributed by atoms with Gasteiger partial charge in [0.15, 0.2) is 0 Å². The maximum atomic E-state index is 11.8. The van der Waals surface area contributed by atoms with Crippen molar-refractivity contribution in [1.82, 2.24) is 10.2 Å². The summed E-state index contributed by atoms with van der Waals surface area (Å²) in [6.07, 6.45) is 1.93. The summed E-state index contributed by atoms with van der Waals surface area (Å²) in [6.45, 7) is 1.58. The van der Waals surface area contributed by atoms with E-state index in [9.17, 15) is 14.4 Å². The predicted molar refractivity (Wildman–Crippen MR) is 55.1 cm³/mol. The summed E-state index contributed by atoms with van der Waals surface area (Å²) in [5, 5.41) is 2.78. The summed E-state index contributed by atoms with van der Waals surface area (Å²) in [7, 11) is 0. The lowest BCUT2D eigenvalue weighted by atomic mass is 10.2. The summed E-state index contributed by atoms with van der Waals surface area (Å²) >= 11 is 0. The molecular weight excluding hydrogens is 210 g/mol. The minimum atomic E-state index is -0.596. The Morgan fingerprint density at radius 1 is 1.50 bits per heavy atom. The molecule has 1 heterocycles. The Balaban J connectivity index is 2.00. The highest BCUT2D eigenvalue weighted by Gasteiger charge is 2.46. The molecule has 6 nitrogen and oxygen atoms in total. The Morgan fingerprint density at radius 3 is 2.62 bits per heavy atom. The normalized spacial score (nSPS) is 27.3. The van der Waals surface area contributed by atoms with Gasteiger partial charge in [-0.2, -0.15) is 0 Å². The standard InChI is InChI=1S/C10H15N3O3/c1-5(9(11)15)12-7-4-8(14)13(10(7)16)6-2-3-6/h5-7,12H,2-4H2,1H3,(H2,11,15). The van der Waals surface area contributed by atoms with Crippen LogP contribution in [0.1, 0.15) is 26.2 Å². The molecule has 2 fully saturated rings. The zero-order valence-electron chi connectivity index (χ0n) is 9.10. The monoisotopic (exact) mass is 225 g/mol. The summed E-state index contributed by atoms with van der Waals surface area (Å²) in [6, 6.07) is -1.09. The van der Waals surface area contributed by atoms with Crippen molar-refractivity contribution in [3.63, 3.8) is 0 Å². The van der Waals surface area contributed by atoms with E-state index in [0.717, 1.165) is 12.8 Å². The topological polar surface area (TPSA) is 92.5 Å². The fourth-order valence-corrected chi connectivity index (χ4v) is 1.88. The lowest BCUT2D eigenvalue weighted by Crippen LogP contribution is -2.48. The van der Waals surface area contributed by atoms with Gasteiger partial charge in [-0.25, -0.2) is 0 Å². The van der Waals surface area contributed by atoms with Crippen LogP contribution in [0.3, 0.4) is 0 Å². The Kier molecular flexibility index (Phi) is 2.67. The first-order valence-corrected chi connectivity index (χ1v) is 5.42. The number of nitrogens with one attached hydrogen (secondary N) is 1. The second-order valence-corrected chi connectivity index (χ2v) is 4.38. The molecule has 2 atom stereocenters. The molecule has 88 valence electrons. The molecule has 6 heteroatoms. The van der Waals surface area contributed by atoms with Gasteiger partial charge in [0.05, 0.1) is 18.5 Å². The van der Waals surface area contributed by atoms with Crippen molar-refractivity contribution in [2.45, 2.75) is 44.3 Å². The number of nitrogens with zero attached hydrogens (tertiary/aromatic N) is 1. The van der Waals surface area contributed by atoms with Crippen LogP contribution >= 0.6 is 0 Å². The van der Waals surface area contributed by atoms with Crippen LogP contribution in [0, 0.1) is 0 Å². The number of imide groups is 1. The Bertz CT molecular complexity index is 351. The molecule has 16 heavy (non-hydrogen) atoms. The minimum Gasteiger partial charge on any atom is -0.368 e. The van der Waals surface area contributed by atoms with Gasteiger partial charge in [-0.3, -0.25) is 24.6 Å². The molecule has 1 aliphatic carbocycles. The van der Waals surface area contributed by atoms with Crippen LogP contribution in [0.2, 0.25) is 0 Å². The van der Waals surface area contributed by atoms with Crippen molar-refractivity contribution in [3.8, 4) is 0 Å². The van der Waals surface area contributed by atoms with Crippen molar-refractivity contribution in [2.24, 2.45) is 5.73 Å². The fourth-order valence-electron chi connectivity index (χ4n) is 1.88. The zero-order valence-corrected chi connectivity index (χ0v) is 9.10. The summed E-state index contributed by atoms with van der Waals surface area (Å²) in [4.78, 5) is 35.6. The van der Waals surface area contributed by atoms with E-state index in [4.69, 9.17) is 5.73 Å². The van der Waals surface area contributed by atoms with E-state index in [1.54, 1.807) is 6.92 Å². The van der Waals surface area contributed by atoms with Gasteiger partial charge >= 0.3 is 0 Å². The number of carbonyl (C=O) groups excluding carboxylic acids is 3. The van der Waals surface area contributed by atoms with Gasteiger partial charge < -0.3 is 5.73 Å². The van der Waals surface area contributed by atoms with Gasteiger partial charge in [0.25, 0.3) is 0 Å². The van der Waals surface area contributed by atoms with Gasteiger partial charge in [-0.15, -0.1) is 0 Å². The molecule has 1 saturated carbocycles. The number of primary amides is 1. The predicted octanol–water partition coefficient (Wildman–Crippen LogP) is -1.26. The van der Waals surface area contributed by atoms with Crippen molar-refractivity contribution in [1.29, 1.82) is 0 Å². The van der Waals surface area contributed by atoms with E-state index in [2.05, 4.69) is 5.32 Å². The number of likely N-dealkylation sites (tertiary alicyclic amines) is 1. The van der Waals surface area contributed by atoms with Crippen LogP contribution in [0.25, 0.3) is 0 Å². The van der Waals surface area contributed by atoms with E-state index in [1.165, 1.54) is 4.90 Å².